The minimum Gasteiger partial charge on any atom is -0.506 e. The minimum atomic E-state index is 0.157. The van der Waals surface area contributed by atoms with E-state index in [0.717, 1.165) is 38.3 Å². The highest BCUT2D eigenvalue weighted by atomic mass is 16.3. The van der Waals surface area contributed by atoms with Crippen molar-refractivity contribution in [3.8, 4) is 5.75 Å². The first-order valence-electron chi connectivity index (χ1n) is 9.18. The average Bonchev–Trinajstić information content (AvgIpc) is 2.58. The number of hydrogen-bond donors (Lipinski definition) is 2. The molecular formula is C19H29N3O2. The molecule has 1 saturated heterocycles. The molecule has 132 valence electrons. The van der Waals surface area contributed by atoms with Gasteiger partial charge in [-0.05, 0) is 30.9 Å². The van der Waals surface area contributed by atoms with Crippen LogP contribution >= 0.6 is 0 Å². The van der Waals surface area contributed by atoms with Gasteiger partial charge in [0.25, 0.3) is 0 Å². The van der Waals surface area contributed by atoms with Crippen molar-refractivity contribution in [3.05, 3.63) is 24.3 Å². The lowest BCUT2D eigenvalue weighted by Crippen LogP contribution is -2.51. The normalized spacial score (nSPS) is 25.5. The topological polar surface area (TPSA) is 55.8 Å². The van der Waals surface area contributed by atoms with Crippen molar-refractivity contribution in [2.24, 2.45) is 5.92 Å². The summed E-state index contributed by atoms with van der Waals surface area (Å²) in [6, 6.07) is 7.81. The molecule has 0 unspecified atom stereocenters. The SMILES string of the molecule is C[C@H]1CCCC[C@@H]1NC(=O)CN1CCN(c2ccccc2O)CC1. The summed E-state index contributed by atoms with van der Waals surface area (Å²) in [5.41, 5.74) is 0.887. The van der Waals surface area contributed by atoms with E-state index in [1.807, 2.05) is 18.2 Å². The van der Waals surface area contributed by atoms with E-state index in [1.54, 1.807) is 6.07 Å². The lowest BCUT2D eigenvalue weighted by atomic mass is 9.86. The van der Waals surface area contributed by atoms with Gasteiger partial charge >= 0.3 is 0 Å². The summed E-state index contributed by atoms with van der Waals surface area (Å²) in [5, 5.41) is 13.2. The van der Waals surface area contributed by atoms with Crippen LogP contribution in [-0.4, -0.2) is 54.7 Å². The Hall–Kier alpha value is -1.75. The number of carbonyl (C=O) groups excluding carboxylic acids is 1. The first-order chi connectivity index (χ1) is 11.6. The number of phenolic OH excluding ortho intramolecular Hbond substituents is 1. The largest absolute Gasteiger partial charge is 0.506 e. The predicted molar refractivity (Wildman–Crippen MR) is 96.3 cm³/mol. The van der Waals surface area contributed by atoms with Crippen molar-refractivity contribution in [2.45, 2.75) is 38.6 Å². The van der Waals surface area contributed by atoms with Crippen molar-refractivity contribution >= 4 is 11.6 Å². The van der Waals surface area contributed by atoms with Crippen LogP contribution in [0.25, 0.3) is 0 Å². The molecule has 1 amide bonds. The average molecular weight is 331 g/mol. The number of phenols is 1. The summed E-state index contributed by atoms with van der Waals surface area (Å²) in [6.07, 6.45) is 4.87. The summed E-state index contributed by atoms with van der Waals surface area (Å²) in [5.74, 6) is 1.08. The number of piperazine rings is 1. The fraction of sp³-hybridized carbons (Fsp3) is 0.632. The number of hydrogen-bond acceptors (Lipinski definition) is 4. The van der Waals surface area contributed by atoms with Crippen molar-refractivity contribution in [2.75, 3.05) is 37.6 Å². The van der Waals surface area contributed by atoms with E-state index in [2.05, 4.69) is 22.0 Å². The zero-order chi connectivity index (χ0) is 16.9. The quantitative estimate of drug-likeness (QED) is 0.888. The van der Waals surface area contributed by atoms with Crippen LogP contribution in [0.2, 0.25) is 0 Å². The molecule has 1 aliphatic carbocycles. The first kappa shape index (κ1) is 17.1. The summed E-state index contributed by atoms with van der Waals surface area (Å²) >= 11 is 0. The van der Waals surface area contributed by atoms with Gasteiger partial charge in [-0.15, -0.1) is 0 Å². The van der Waals surface area contributed by atoms with Crippen LogP contribution in [0.3, 0.4) is 0 Å². The number of para-hydroxylation sites is 2. The Bertz CT molecular complexity index is 555. The zero-order valence-corrected chi connectivity index (χ0v) is 14.6. The summed E-state index contributed by atoms with van der Waals surface area (Å²) in [6.45, 7) is 6.10. The predicted octanol–water partition coefficient (Wildman–Crippen LogP) is 2.21. The molecule has 0 radical (unpaired) electrons. The molecule has 1 aromatic rings. The molecule has 2 atom stereocenters. The van der Waals surface area contributed by atoms with E-state index in [-0.39, 0.29) is 5.91 Å². The molecule has 0 bridgehead atoms. The number of anilines is 1. The lowest BCUT2D eigenvalue weighted by Gasteiger charge is -2.36. The van der Waals surface area contributed by atoms with Crippen LogP contribution in [-0.2, 0) is 4.79 Å². The standard InChI is InChI=1S/C19H29N3O2/c1-15-6-2-3-7-16(15)20-19(24)14-21-10-12-22(13-11-21)17-8-4-5-9-18(17)23/h4-5,8-9,15-16,23H,2-3,6-7,10-14H2,1H3,(H,20,24)/t15-,16-/m0/s1. The van der Waals surface area contributed by atoms with E-state index in [9.17, 15) is 9.90 Å². The molecule has 0 spiro atoms. The number of nitrogens with one attached hydrogen (secondary N) is 1. The van der Waals surface area contributed by atoms with Crippen LogP contribution in [0.1, 0.15) is 32.6 Å². The van der Waals surface area contributed by atoms with Gasteiger partial charge in [0.1, 0.15) is 5.75 Å². The Morgan fingerprint density at radius 1 is 1.17 bits per heavy atom. The minimum absolute atomic E-state index is 0.157. The van der Waals surface area contributed by atoms with Crippen LogP contribution in [0.15, 0.2) is 24.3 Å². The Balaban J connectivity index is 1.45. The maximum absolute atomic E-state index is 12.3. The second kappa shape index (κ2) is 7.88. The zero-order valence-electron chi connectivity index (χ0n) is 14.6. The van der Waals surface area contributed by atoms with Gasteiger partial charge in [0, 0.05) is 32.2 Å². The van der Waals surface area contributed by atoms with E-state index in [0.29, 0.717) is 24.3 Å². The Labute approximate surface area is 144 Å². The van der Waals surface area contributed by atoms with E-state index in [4.69, 9.17) is 0 Å². The van der Waals surface area contributed by atoms with Crippen molar-refractivity contribution in [1.82, 2.24) is 10.2 Å². The molecule has 1 heterocycles. The van der Waals surface area contributed by atoms with Crippen LogP contribution in [0, 0.1) is 5.92 Å². The van der Waals surface area contributed by atoms with Crippen LogP contribution < -0.4 is 10.2 Å². The molecular weight excluding hydrogens is 302 g/mol. The number of benzene rings is 1. The maximum Gasteiger partial charge on any atom is 0.234 e. The highest BCUT2D eigenvalue weighted by molar-refractivity contribution is 5.78. The number of rotatable bonds is 4. The number of aromatic hydroxyl groups is 1. The number of nitrogens with zero attached hydrogens (tertiary/aromatic N) is 2. The van der Waals surface area contributed by atoms with Crippen LogP contribution in [0.4, 0.5) is 5.69 Å². The fourth-order valence-electron chi connectivity index (χ4n) is 3.86. The smallest absolute Gasteiger partial charge is 0.234 e. The molecule has 2 N–H and O–H groups in total. The summed E-state index contributed by atoms with van der Waals surface area (Å²) in [7, 11) is 0. The summed E-state index contributed by atoms with van der Waals surface area (Å²) < 4.78 is 0. The lowest BCUT2D eigenvalue weighted by molar-refractivity contribution is -0.123. The Kier molecular flexibility index (Phi) is 5.61. The number of amides is 1. The van der Waals surface area contributed by atoms with Crippen molar-refractivity contribution in [1.29, 1.82) is 0 Å². The monoisotopic (exact) mass is 331 g/mol. The van der Waals surface area contributed by atoms with Gasteiger partial charge in [0.05, 0.1) is 12.2 Å². The van der Waals surface area contributed by atoms with Gasteiger partial charge in [0.15, 0.2) is 0 Å². The molecule has 0 aromatic heterocycles. The first-order valence-corrected chi connectivity index (χ1v) is 9.18. The van der Waals surface area contributed by atoms with Gasteiger partial charge in [-0.25, -0.2) is 0 Å². The molecule has 2 aliphatic rings. The van der Waals surface area contributed by atoms with Gasteiger partial charge in [-0.1, -0.05) is 31.9 Å². The second-order valence-corrected chi connectivity index (χ2v) is 7.19. The highest BCUT2D eigenvalue weighted by Gasteiger charge is 2.25. The molecule has 2 fully saturated rings. The van der Waals surface area contributed by atoms with E-state index in [1.165, 1.54) is 19.3 Å². The van der Waals surface area contributed by atoms with Gasteiger partial charge < -0.3 is 15.3 Å². The van der Waals surface area contributed by atoms with E-state index < -0.39 is 0 Å². The summed E-state index contributed by atoms with van der Waals surface area (Å²) in [4.78, 5) is 16.7. The molecule has 1 aromatic carbocycles. The fourth-order valence-corrected chi connectivity index (χ4v) is 3.86. The highest BCUT2D eigenvalue weighted by Crippen LogP contribution is 2.27. The molecule has 3 rings (SSSR count). The third kappa shape index (κ3) is 4.20. The third-order valence-corrected chi connectivity index (χ3v) is 5.42. The van der Waals surface area contributed by atoms with Crippen LogP contribution in [0.5, 0.6) is 5.75 Å². The Morgan fingerprint density at radius 3 is 2.58 bits per heavy atom. The maximum atomic E-state index is 12.3. The number of carbonyl (C=O) groups is 1. The van der Waals surface area contributed by atoms with Gasteiger partial charge in [-0.3, -0.25) is 9.69 Å². The molecule has 1 aliphatic heterocycles. The second-order valence-electron chi connectivity index (χ2n) is 7.19. The van der Waals surface area contributed by atoms with Gasteiger partial charge in [0.2, 0.25) is 5.91 Å². The van der Waals surface area contributed by atoms with E-state index >= 15 is 0 Å². The Morgan fingerprint density at radius 2 is 1.88 bits per heavy atom. The van der Waals surface area contributed by atoms with Crippen molar-refractivity contribution < 1.29 is 9.90 Å². The molecule has 1 saturated carbocycles. The van der Waals surface area contributed by atoms with Crippen molar-refractivity contribution in [3.63, 3.8) is 0 Å². The third-order valence-electron chi connectivity index (χ3n) is 5.42. The molecule has 24 heavy (non-hydrogen) atoms. The van der Waals surface area contributed by atoms with Gasteiger partial charge in [-0.2, -0.15) is 0 Å². The molecule has 5 nitrogen and oxygen atoms in total. The molecule has 5 heteroatoms.